The first-order valence-electron chi connectivity index (χ1n) is 8.83. The lowest BCUT2D eigenvalue weighted by Gasteiger charge is -2.22. The van der Waals surface area contributed by atoms with Gasteiger partial charge in [0.2, 0.25) is 5.91 Å². The first kappa shape index (κ1) is 19.1. The molecule has 2 aromatic carbocycles. The molecule has 0 fully saturated rings. The van der Waals surface area contributed by atoms with Crippen molar-refractivity contribution in [3.63, 3.8) is 0 Å². The van der Waals surface area contributed by atoms with Crippen LogP contribution in [0.25, 0.3) is 0 Å². The Morgan fingerprint density at radius 2 is 1.68 bits per heavy atom. The van der Waals surface area contributed by atoms with E-state index in [9.17, 15) is 14.7 Å². The van der Waals surface area contributed by atoms with Crippen LogP contribution in [0.3, 0.4) is 0 Å². The number of aromatic nitrogens is 1. The average Bonchev–Trinajstić information content (AvgIpc) is 2.69. The highest BCUT2D eigenvalue weighted by molar-refractivity contribution is 5.95. The minimum atomic E-state index is -1.01. The molecular formula is C22H21N3O3. The average molecular weight is 375 g/mol. The van der Waals surface area contributed by atoms with Crippen LogP contribution in [0.15, 0.2) is 66.7 Å². The van der Waals surface area contributed by atoms with Crippen LogP contribution in [-0.4, -0.2) is 29.0 Å². The normalized spacial score (nSPS) is 10.4. The predicted octanol–water partition coefficient (Wildman–Crippen LogP) is 4.04. The van der Waals surface area contributed by atoms with Gasteiger partial charge in [0.25, 0.3) is 0 Å². The standard InChI is InChI=1S/C22H21N3O3/c1-15-12-13-19(23-20(26)14-16-8-4-3-5-9-16)24-21(15)25(2)18-11-7-6-10-17(18)22(27)28/h3-13H,14H2,1-2H3,(H,27,28)(H,23,24,26). The molecular weight excluding hydrogens is 354 g/mol. The fraction of sp³-hybridized carbons (Fsp3) is 0.136. The fourth-order valence-electron chi connectivity index (χ4n) is 2.96. The molecule has 3 rings (SSSR count). The Morgan fingerprint density at radius 1 is 1.00 bits per heavy atom. The Labute approximate surface area is 163 Å². The van der Waals surface area contributed by atoms with Crippen molar-refractivity contribution in [1.82, 2.24) is 4.98 Å². The van der Waals surface area contributed by atoms with Gasteiger partial charge in [-0.3, -0.25) is 4.79 Å². The molecule has 0 saturated heterocycles. The molecule has 0 bridgehead atoms. The van der Waals surface area contributed by atoms with E-state index in [0.29, 0.717) is 17.3 Å². The minimum Gasteiger partial charge on any atom is -0.478 e. The molecule has 28 heavy (non-hydrogen) atoms. The molecule has 1 heterocycles. The maximum atomic E-state index is 12.3. The highest BCUT2D eigenvalue weighted by Gasteiger charge is 2.17. The van der Waals surface area contributed by atoms with Crippen LogP contribution in [0.1, 0.15) is 21.5 Å². The SMILES string of the molecule is Cc1ccc(NC(=O)Cc2ccccc2)nc1N(C)c1ccccc1C(=O)O. The molecule has 0 atom stereocenters. The number of para-hydroxylation sites is 1. The molecule has 2 N–H and O–H groups in total. The third-order valence-corrected chi connectivity index (χ3v) is 4.36. The van der Waals surface area contributed by atoms with Crippen molar-refractivity contribution in [1.29, 1.82) is 0 Å². The zero-order chi connectivity index (χ0) is 20.1. The summed E-state index contributed by atoms with van der Waals surface area (Å²) >= 11 is 0. The number of aryl methyl sites for hydroxylation is 1. The van der Waals surface area contributed by atoms with Crippen LogP contribution >= 0.6 is 0 Å². The Kier molecular flexibility index (Phi) is 5.69. The van der Waals surface area contributed by atoms with Crippen LogP contribution in [-0.2, 0) is 11.2 Å². The number of rotatable bonds is 6. The van der Waals surface area contributed by atoms with Gasteiger partial charge in [0.05, 0.1) is 17.7 Å². The molecule has 6 heteroatoms. The molecule has 1 aromatic heterocycles. The van der Waals surface area contributed by atoms with Gasteiger partial charge in [-0.2, -0.15) is 0 Å². The van der Waals surface area contributed by atoms with Gasteiger partial charge in [0, 0.05) is 7.05 Å². The first-order chi connectivity index (χ1) is 13.5. The lowest BCUT2D eigenvalue weighted by Crippen LogP contribution is -2.19. The van der Waals surface area contributed by atoms with E-state index >= 15 is 0 Å². The Bertz CT molecular complexity index is 1000. The van der Waals surface area contributed by atoms with Gasteiger partial charge in [0.1, 0.15) is 11.6 Å². The van der Waals surface area contributed by atoms with Gasteiger partial charge in [-0.15, -0.1) is 0 Å². The van der Waals surface area contributed by atoms with Crippen molar-refractivity contribution >= 4 is 29.2 Å². The van der Waals surface area contributed by atoms with E-state index in [0.717, 1.165) is 11.1 Å². The summed E-state index contributed by atoms with van der Waals surface area (Å²) in [6.45, 7) is 1.89. The monoisotopic (exact) mass is 375 g/mol. The summed E-state index contributed by atoms with van der Waals surface area (Å²) in [5.74, 6) is -0.179. The molecule has 0 spiro atoms. The lowest BCUT2D eigenvalue weighted by molar-refractivity contribution is -0.115. The number of anilines is 3. The Hall–Kier alpha value is -3.67. The molecule has 1 amide bonds. The molecule has 0 unspecified atom stereocenters. The molecule has 0 radical (unpaired) electrons. The summed E-state index contributed by atoms with van der Waals surface area (Å²) < 4.78 is 0. The van der Waals surface area contributed by atoms with Gasteiger partial charge in [0.15, 0.2) is 0 Å². The quantitative estimate of drug-likeness (QED) is 0.679. The second-order valence-electron chi connectivity index (χ2n) is 6.43. The smallest absolute Gasteiger partial charge is 0.337 e. The van der Waals surface area contributed by atoms with Gasteiger partial charge >= 0.3 is 5.97 Å². The number of carbonyl (C=O) groups excluding carboxylic acids is 1. The molecule has 6 nitrogen and oxygen atoms in total. The van der Waals surface area contributed by atoms with E-state index in [1.807, 2.05) is 43.3 Å². The fourth-order valence-corrected chi connectivity index (χ4v) is 2.96. The summed E-state index contributed by atoms with van der Waals surface area (Å²) in [6.07, 6.45) is 0.253. The van der Waals surface area contributed by atoms with Crippen molar-refractivity contribution in [2.24, 2.45) is 0 Å². The van der Waals surface area contributed by atoms with Gasteiger partial charge in [-0.1, -0.05) is 48.5 Å². The molecule has 142 valence electrons. The maximum Gasteiger partial charge on any atom is 0.337 e. The third-order valence-electron chi connectivity index (χ3n) is 4.36. The number of nitrogens with zero attached hydrogens (tertiary/aromatic N) is 2. The zero-order valence-corrected chi connectivity index (χ0v) is 15.7. The molecule has 0 aliphatic carbocycles. The number of carbonyl (C=O) groups is 2. The number of carboxylic acids is 1. The van der Waals surface area contributed by atoms with Crippen LogP contribution in [0.5, 0.6) is 0 Å². The van der Waals surface area contributed by atoms with Gasteiger partial charge in [-0.25, -0.2) is 9.78 Å². The summed E-state index contributed by atoms with van der Waals surface area (Å²) in [5, 5.41) is 12.2. The zero-order valence-electron chi connectivity index (χ0n) is 15.7. The van der Waals surface area contributed by atoms with Crippen molar-refractivity contribution in [2.45, 2.75) is 13.3 Å². The number of aromatic carboxylic acids is 1. The van der Waals surface area contributed by atoms with E-state index in [-0.39, 0.29) is 17.9 Å². The van der Waals surface area contributed by atoms with Crippen molar-refractivity contribution < 1.29 is 14.7 Å². The molecule has 0 aliphatic heterocycles. The van der Waals surface area contributed by atoms with E-state index in [1.165, 1.54) is 0 Å². The van der Waals surface area contributed by atoms with E-state index in [1.54, 1.807) is 42.3 Å². The van der Waals surface area contributed by atoms with Crippen molar-refractivity contribution in [2.75, 3.05) is 17.3 Å². The highest BCUT2D eigenvalue weighted by atomic mass is 16.4. The molecule has 3 aromatic rings. The third kappa shape index (κ3) is 4.35. The largest absolute Gasteiger partial charge is 0.478 e. The van der Waals surface area contributed by atoms with E-state index in [2.05, 4.69) is 10.3 Å². The van der Waals surface area contributed by atoms with Crippen LogP contribution < -0.4 is 10.2 Å². The van der Waals surface area contributed by atoms with Crippen molar-refractivity contribution in [3.8, 4) is 0 Å². The van der Waals surface area contributed by atoms with Crippen molar-refractivity contribution in [3.05, 3.63) is 83.4 Å². The number of amides is 1. The lowest BCUT2D eigenvalue weighted by atomic mass is 10.1. The topological polar surface area (TPSA) is 82.5 Å². The van der Waals surface area contributed by atoms with Crippen LogP contribution in [0.4, 0.5) is 17.3 Å². The van der Waals surface area contributed by atoms with Crippen LogP contribution in [0.2, 0.25) is 0 Å². The Morgan fingerprint density at radius 3 is 2.39 bits per heavy atom. The van der Waals surface area contributed by atoms with Gasteiger partial charge < -0.3 is 15.3 Å². The minimum absolute atomic E-state index is 0.165. The van der Waals surface area contributed by atoms with Gasteiger partial charge in [-0.05, 0) is 36.2 Å². The number of nitrogens with one attached hydrogen (secondary N) is 1. The maximum absolute atomic E-state index is 12.3. The number of benzene rings is 2. The number of pyridine rings is 1. The van der Waals surface area contributed by atoms with E-state index < -0.39 is 5.97 Å². The number of carboxylic acid groups (broad SMARTS) is 1. The first-order valence-corrected chi connectivity index (χ1v) is 8.83. The summed E-state index contributed by atoms with van der Waals surface area (Å²) in [6, 6.07) is 19.8. The Balaban J connectivity index is 1.84. The summed E-state index contributed by atoms with van der Waals surface area (Å²) in [5.41, 5.74) is 2.49. The molecule has 0 saturated carbocycles. The second kappa shape index (κ2) is 8.35. The summed E-state index contributed by atoms with van der Waals surface area (Å²) in [4.78, 5) is 30.1. The summed E-state index contributed by atoms with van der Waals surface area (Å²) in [7, 11) is 1.76. The second-order valence-corrected chi connectivity index (χ2v) is 6.43. The highest BCUT2D eigenvalue weighted by Crippen LogP contribution is 2.29. The number of hydrogen-bond acceptors (Lipinski definition) is 4. The predicted molar refractivity (Wildman–Crippen MR) is 109 cm³/mol. The molecule has 0 aliphatic rings. The number of hydrogen-bond donors (Lipinski definition) is 2. The van der Waals surface area contributed by atoms with Crippen LogP contribution in [0, 0.1) is 6.92 Å². The van der Waals surface area contributed by atoms with E-state index in [4.69, 9.17) is 0 Å².